The molecule has 1 rings (SSSR count). The van der Waals surface area contributed by atoms with Gasteiger partial charge in [-0.1, -0.05) is 19.3 Å². The molecule has 1 saturated carbocycles. The number of esters is 1. The minimum atomic E-state index is -1.20. The molecule has 4 nitrogen and oxygen atoms in total. The molecule has 0 bridgehead atoms. The van der Waals surface area contributed by atoms with Crippen LogP contribution < -0.4 is 0 Å². The zero-order valence-corrected chi connectivity index (χ0v) is 10.5. The van der Waals surface area contributed by atoms with Crippen LogP contribution in [0.3, 0.4) is 0 Å². The normalized spacial score (nSPS) is 18.5. The van der Waals surface area contributed by atoms with Gasteiger partial charge in [-0.2, -0.15) is 0 Å². The number of carbonyl (C=O) groups excluding carboxylic acids is 3. The van der Waals surface area contributed by atoms with E-state index in [1.165, 1.54) is 6.92 Å². The SMILES string of the molecule is CCOC(=O)C(C(C)=O)C(=O)C1CCCCC1. The largest absolute Gasteiger partial charge is 0.465 e. The van der Waals surface area contributed by atoms with Gasteiger partial charge in [-0.05, 0) is 26.7 Å². The van der Waals surface area contributed by atoms with Crippen molar-refractivity contribution in [3.63, 3.8) is 0 Å². The van der Waals surface area contributed by atoms with E-state index in [4.69, 9.17) is 4.74 Å². The second kappa shape index (κ2) is 6.52. The Morgan fingerprint density at radius 1 is 1.18 bits per heavy atom. The van der Waals surface area contributed by atoms with Crippen molar-refractivity contribution in [2.75, 3.05) is 6.61 Å². The third-order valence-electron chi connectivity index (χ3n) is 3.22. The van der Waals surface area contributed by atoms with Gasteiger partial charge in [-0.15, -0.1) is 0 Å². The van der Waals surface area contributed by atoms with Crippen LogP contribution in [0.15, 0.2) is 0 Å². The molecule has 17 heavy (non-hydrogen) atoms. The van der Waals surface area contributed by atoms with Crippen molar-refractivity contribution < 1.29 is 19.1 Å². The molecule has 4 heteroatoms. The average Bonchev–Trinajstić information content (AvgIpc) is 2.30. The summed E-state index contributed by atoms with van der Waals surface area (Å²) < 4.78 is 4.80. The Labute approximate surface area is 102 Å². The van der Waals surface area contributed by atoms with Gasteiger partial charge in [-0.3, -0.25) is 14.4 Å². The first kappa shape index (κ1) is 13.9. The van der Waals surface area contributed by atoms with Gasteiger partial charge in [0.1, 0.15) is 0 Å². The standard InChI is InChI=1S/C13H20O4/c1-3-17-13(16)11(9(2)14)12(15)10-7-5-4-6-8-10/h10-11H,3-8H2,1-2H3. The van der Waals surface area contributed by atoms with Crippen molar-refractivity contribution in [3.05, 3.63) is 0 Å². The first-order valence-electron chi connectivity index (χ1n) is 6.28. The van der Waals surface area contributed by atoms with Crippen LogP contribution in [-0.4, -0.2) is 24.1 Å². The molecule has 0 amide bonds. The van der Waals surface area contributed by atoms with Crippen molar-refractivity contribution in [2.45, 2.75) is 46.0 Å². The highest BCUT2D eigenvalue weighted by Gasteiger charge is 2.37. The molecule has 1 atom stereocenters. The highest BCUT2D eigenvalue weighted by atomic mass is 16.5. The van der Waals surface area contributed by atoms with Gasteiger partial charge in [0.05, 0.1) is 6.61 Å². The van der Waals surface area contributed by atoms with Crippen molar-refractivity contribution in [1.82, 2.24) is 0 Å². The van der Waals surface area contributed by atoms with Crippen LogP contribution in [0, 0.1) is 11.8 Å². The zero-order valence-electron chi connectivity index (χ0n) is 10.5. The first-order chi connectivity index (χ1) is 8.07. The van der Waals surface area contributed by atoms with Gasteiger partial charge in [0.15, 0.2) is 17.5 Å². The van der Waals surface area contributed by atoms with Crippen LogP contribution >= 0.6 is 0 Å². The summed E-state index contributed by atoms with van der Waals surface area (Å²) in [6.07, 6.45) is 4.73. The van der Waals surface area contributed by atoms with Gasteiger partial charge in [0, 0.05) is 5.92 Å². The fraction of sp³-hybridized carbons (Fsp3) is 0.769. The monoisotopic (exact) mass is 240 g/mol. The summed E-state index contributed by atoms with van der Waals surface area (Å²) >= 11 is 0. The predicted octanol–water partition coefficient (Wildman–Crippen LogP) is 1.90. The molecule has 0 spiro atoms. The summed E-state index contributed by atoms with van der Waals surface area (Å²) in [7, 11) is 0. The minimum absolute atomic E-state index is 0.137. The van der Waals surface area contributed by atoms with Crippen molar-refractivity contribution >= 4 is 17.5 Å². The highest BCUT2D eigenvalue weighted by molar-refractivity contribution is 6.17. The quantitative estimate of drug-likeness (QED) is 0.544. The maximum Gasteiger partial charge on any atom is 0.324 e. The van der Waals surface area contributed by atoms with Gasteiger partial charge in [0.25, 0.3) is 0 Å². The molecular formula is C13H20O4. The van der Waals surface area contributed by atoms with Crippen LogP contribution in [0.25, 0.3) is 0 Å². The number of hydrogen-bond donors (Lipinski definition) is 0. The summed E-state index contributed by atoms with van der Waals surface area (Å²) in [5.74, 6) is -2.66. The molecule has 0 aromatic carbocycles. The molecule has 96 valence electrons. The fourth-order valence-corrected chi connectivity index (χ4v) is 2.33. The highest BCUT2D eigenvalue weighted by Crippen LogP contribution is 2.27. The lowest BCUT2D eigenvalue weighted by atomic mass is 9.80. The Bertz CT molecular complexity index is 303. The lowest BCUT2D eigenvalue weighted by Crippen LogP contribution is -2.36. The van der Waals surface area contributed by atoms with Crippen LogP contribution in [0.4, 0.5) is 0 Å². The third-order valence-corrected chi connectivity index (χ3v) is 3.22. The Hall–Kier alpha value is -1.19. The van der Waals surface area contributed by atoms with Crippen molar-refractivity contribution in [3.8, 4) is 0 Å². The van der Waals surface area contributed by atoms with Crippen molar-refractivity contribution in [1.29, 1.82) is 0 Å². The molecular weight excluding hydrogens is 220 g/mol. The Morgan fingerprint density at radius 3 is 2.24 bits per heavy atom. The van der Waals surface area contributed by atoms with E-state index in [-0.39, 0.29) is 18.3 Å². The van der Waals surface area contributed by atoms with Gasteiger partial charge in [-0.25, -0.2) is 0 Å². The molecule has 0 aromatic rings. The molecule has 0 radical (unpaired) electrons. The maximum absolute atomic E-state index is 12.1. The summed E-state index contributed by atoms with van der Waals surface area (Å²) in [5.41, 5.74) is 0. The fourth-order valence-electron chi connectivity index (χ4n) is 2.33. The van der Waals surface area contributed by atoms with Crippen LogP contribution in [0.2, 0.25) is 0 Å². The number of hydrogen-bond acceptors (Lipinski definition) is 4. The van der Waals surface area contributed by atoms with E-state index in [2.05, 4.69) is 0 Å². The summed E-state index contributed by atoms with van der Waals surface area (Å²) in [5, 5.41) is 0. The molecule has 0 aliphatic heterocycles. The van der Waals surface area contributed by atoms with E-state index in [1.807, 2.05) is 0 Å². The lowest BCUT2D eigenvalue weighted by molar-refractivity contribution is -0.155. The molecule has 1 aliphatic carbocycles. The zero-order chi connectivity index (χ0) is 12.8. The van der Waals surface area contributed by atoms with Crippen molar-refractivity contribution in [2.24, 2.45) is 11.8 Å². The first-order valence-corrected chi connectivity index (χ1v) is 6.28. The molecule has 0 heterocycles. The van der Waals surface area contributed by atoms with E-state index in [9.17, 15) is 14.4 Å². The second-order valence-electron chi connectivity index (χ2n) is 4.53. The van der Waals surface area contributed by atoms with Gasteiger partial charge < -0.3 is 4.74 Å². The summed E-state index contributed by atoms with van der Waals surface area (Å²) in [6.45, 7) is 3.14. The summed E-state index contributed by atoms with van der Waals surface area (Å²) in [4.78, 5) is 35.2. The number of ketones is 2. The molecule has 0 aromatic heterocycles. The number of ether oxygens (including phenoxy) is 1. The molecule has 1 aliphatic rings. The number of Topliss-reactive ketones (excluding diaryl/α,β-unsaturated/α-hetero) is 2. The Balaban J connectivity index is 2.72. The smallest absolute Gasteiger partial charge is 0.324 e. The minimum Gasteiger partial charge on any atom is -0.465 e. The van der Waals surface area contributed by atoms with E-state index in [0.29, 0.717) is 0 Å². The van der Waals surface area contributed by atoms with Crippen LogP contribution in [-0.2, 0) is 19.1 Å². The van der Waals surface area contributed by atoms with Gasteiger partial charge >= 0.3 is 5.97 Å². The van der Waals surface area contributed by atoms with E-state index in [1.54, 1.807) is 6.92 Å². The van der Waals surface area contributed by atoms with E-state index < -0.39 is 17.7 Å². The van der Waals surface area contributed by atoms with Crippen LogP contribution in [0.5, 0.6) is 0 Å². The second-order valence-corrected chi connectivity index (χ2v) is 4.53. The predicted molar refractivity (Wildman–Crippen MR) is 62.4 cm³/mol. The maximum atomic E-state index is 12.1. The van der Waals surface area contributed by atoms with Crippen LogP contribution in [0.1, 0.15) is 46.0 Å². The molecule has 1 unspecified atom stereocenters. The average molecular weight is 240 g/mol. The Kier molecular flexibility index (Phi) is 5.32. The topological polar surface area (TPSA) is 60.4 Å². The van der Waals surface area contributed by atoms with E-state index >= 15 is 0 Å². The Morgan fingerprint density at radius 2 is 1.76 bits per heavy atom. The number of rotatable bonds is 5. The molecule has 1 fully saturated rings. The molecule has 0 saturated heterocycles. The third kappa shape index (κ3) is 3.65. The molecule has 0 N–H and O–H groups in total. The number of carbonyl (C=O) groups is 3. The van der Waals surface area contributed by atoms with Gasteiger partial charge in [0.2, 0.25) is 0 Å². The summed E-state index contributed by atoms with van der Waals surface area (Å²) in [6, 6.07) is 0. The lowest BCUT2D eigenvalue weighted by Gasteiger charge is -2.23. The van der Waals surface area contributed by atoms with E-state index in [0.717, 1.165) is 32.1 Å².